The Kier molecular flexibility index (Phi) is 2.64. The van der Waals surface area contributed by atoms with Gasteiger partial charge in [-0.2, -0.15) is 0 Å². The summed E-state index contributed by atoms with van der Waals surface area (Å²) in [6.07, 6.45) is 0. The van der Waals surface area contributed by atoms with Crippen LogP contribution in [0.15, 0.2) is 4.34 Å². The fourth-order valence-electron chi connectivity index (χ4n) is 0.749. The largest absolute Gasteiger partial charge is 0.294 e. The molecular formula is C6H8N2OS2. The summed E-state index contributed by atoms with van der Waals surface area (Å²) in [4.78, 5) is 15.7. The molecule has 0 aliphatic rings. The summed E-state index contributed by atoms with van der Waals surface area (Å²) in [5, 5.41) is 5.29. The second-order valence-electron chi connectivity index (χ2n) is 2.07. The van der Waals surface area contributed by atoms with E-state index in [2.05, 4.69) is 4.98 Å². The van der Waals surface area contributed by atoms with E-state index in [9.17, 15) is 4.79 Å². The molecule has 0 fully saturated rings. The summed E-state index contributed by atoms with van der Waals surface area (Å²) in [7, 11) is 0. The molecule has 1 aromatic heterocycles. The van der Waals surface area contributed by atoms with E-state index in [1.54, 1.807) is 0 Å². The lowest BCUT2D eigenvalue weighted by Gasteiger charge is -1.85. The number of rotatable bonds is 2. The van der Waals surface area contributed by atoms with Crippen molar-refractivity contribution < 1.29 is 4.79 Å². The third-order valence-corrected chi connectivity index (χ3v) is 3.08. The van der Waals surface area contributed by atoms with Gasteiger partial charge in [0.1, 0.15) is 0 Å². The predicted octanol–water partition coefficient (Wildman–Crippen LogP) is 1.62. The Bertz CT molecular complexity index is 282. The quantitative estimate of drug-likeness (QED) is 0.566. The number of aryl methyl sites for hydroxylation is 1. The number of carbonyl (C=O) groups is 1. The van der Waals surface area contributed by atoms with E-state index in [0.29, 0.717) is 4.88 Å². The highest BCUT2D eigenvalue weighted by atomic mass is 32.2. The molecule has 2 N–H and O–H groups in total. The van der Waals surface area contributed by atoms with Crippen LogP contribution in [0.4, 0.5) is 0 Å². The van der Waals surface area contributed by atoms with E-state index in [1.165, 1.54) is 18.3 Å². The molecule has 0 bridgehead atoms. The van der Waals surface area contributed by atoms with Crippen molar-refractivity contribution in [1.82, 2.24) is 4.98 Å². The molecule has 5 heteroatoms. The number of nitrogens with zero attached hydrogens (tertiary/aromatic N) is 1. The highest BCUT2D eigenvalue weighted by Gasteiger charge is 2.10. The number of thiazole rings is 1. The molecule has 0 radical (unpaired) electrons. The van der Waals surface area contributed by atoms with Gasteiger partial charge >= 0.3 is 0 Å². The first-order valence-electron chi connectivity index (χ1n) is 3.00. The Hall–Kier alpha value is -0.390. The van der Waals surface area contributed by atoms with E-state index < -0.39 is 0 Å². The number of hydrogen-bond acceptors (Lipinski definition) is 5. The van der Waals surface area contributed by atoms with E-state index in [0.717, 1.165) is 22.0 Å². The lowest BCUT2D eigenvalue weighted by molar-refractivity contribution is 0.102. The Morgan fingerprint density at radius 2 is 2.36 bits per heavy atom. The number of Topliss-reactive ketones (excluding diaryl/α,β-unsaturated/α-hetero) is 1. The predicted molar refractivity (Wildman–Crippen MR) is 46.9 cm³/mol. The molecule has 11 heavy (non-hydrogen) atoms. The summed E-state index contributed by atoms with van der Waals surface area (Å²) in [5.74, 6) is 0.0558. The third-order valence-electron chi connectivity index (χ3n) is 1.20. The van der Waals surface area contributed by atoms with Crippen LogP contribution in [0.3, 0.4) is 0 Å². The second kappa shape index (κ2) is 3.34. The summed E-state index contributed by atoms with van der Waals surface area (Å²) >= 11 is 2.42. The lowest BCUT2D eigenvalue weighted by atomic mass is 10.3. The highest BCUT2D eigenvalue weighted by molar-refractivity contribution is 7.98. The minimum atomic E-state index is 0.0558. The number of aromatic nitrogens is 1. The van der Waals surface area contributed by atoms with Crippen molar-refractivity contribution >= 4 is 29.1 Å². The van der Waals surface area contributed by atoms with Crippen molar-refractivity contribution in [1.29, 1.82) is 0 Å². The van der Waals surface area contributed by atoms with Gasteiger partial charge in [0.2, 0.25) is 0 Å². The Balaban J connectivity index is 3.07. The highest BCUT2D eigenvalue weighted by Crippen LogP contribution is 2.23. The second-order valence-corrected chi connectivity index (χ2v) is 3.95. The standard InChI is InChI=1S/C6H8N2OS2/c1-3-5(4(2)9)10-6(8-3)11-7/h7H2,1-2H3. The molecule has 0 aliphatic carbocycles. The van der Waals surface area contributed by atoms with Crippen LogP contribution >= 0.6 is 23.3 Å². The van der Waals surface area contributed by atoms with Gasteiger partial charge in [-0.25, -0.2) is 4.98 Å². The van der Waals surface area contributed by atoms with Gasteiger partial charge in [0, 0.05) is 6.92 Å². The van der Waals surface area contributed by atoms with E-state index >= 15 is 0 Å². The molecule has 60 valence electrons. The van der Waals surface area contributed by atoms with Gasteiger partial charge in [0.25, 0.3) is 0 Å². The maximum absolute atomic E-state index is 10.9. The van der Waals surface area contributed by atoms with Gasteiger partial charge in [-0.15, -0.1) is 11.3 Å². The van der Waals surface area contributed by atoms with Crippen LogP contribution in [0.25, 0.3) is 0 Å². The molecule has 0 amide bonds. The van der Waals surface area contributed by atoms with Crippen LogP contribution in [-0.2, 0) is 0 Å². The monoisotopic (exact) mass is 188 g/mol. The summed E-state index contributed by atoms with van der Waals surface area (Å²) < 4.78 is 0.743. The molecule has 3 nitrogen and oxygen atoms in total. The lowest BCUT2D eigenvalue weighted by Crippen LogP contribution is -1.89. The minimum absolute atomic E-state index is 0.0558. The first-order valence-corrected chi connectivity index (χ1v) is 4.70. The first-order chi connectivity index (χ1) is 5.15. The van der Waals surface area contributed by atoms with Gasteiger partial charge in [0.05, 0.1) is 10.6 Å². The fraction of sp³-hybridized carbons (Fsp3) is 0.333. The first kappa shape index (κ1) is 8.70. The average molecular weight is 188 g/mol. The van der Waals surface area contributed by atoms with Crippen molar-refractivity contribution in [2.45, 2.75) is 18.2 Å². The van der Waals surface area contributed by atoms with Crippen molar-refractivity contribution in [3.8, 4) is 0 Å². The number of nitrogens with two attached hydrogens (primary N) is 1. The molecule has 0 saturated heterocycles. The molecule has 0 saturated carbocycles. The van der Waals surface area contributed by atoms with Gasteiger partial charge in [-0.1, -0.05) is 0 Å². The summed E-state index contributed by atoms with van der Waals surface area (Å²) in [6.45, 7) is 3.35. The Morgan fingerprint density at radius 3 is 2.64 bits per heavy atom. The average Bonchev–Trinajstić information content (AvgIpc) is 2.30. The molecule has 0 aliphatic heterocycles. The normalized spacial score (nSPS) is 10.1. The van der Waals surface area contributed by atoms with E-state index in [4.69, 9.17) is 5.14 Å². The topological polar surface area (TPSA) is 56.0 Å². The zero-order valence-corrected chi connectivity index (χ0v) is 7.88. The van der Waals surface area contributed by atoms with Gasteiger partial charge in [0.15, 0.2) is 10.1 Å². The SMILES string of the molecule is CC(=O)c1sc(SN)nc1C. The van der Waals surface area contributed by atoms with Crippen LogP contribution < -0.4 is 5.14 Å². The van der Waals surface area contributed by atoms with Crippen LogP contribution in [0.5, 0.6) is 0 Å². The van der Waals surface area contributed by atoms with E-state index in [-0.39, 0.29) is 5.78 Å². The number of ketones is 1. The van der Waals surface area contributed by atoms with E-state index in [1.807, 2.05) is 6.92 Å². The van der Waals surface area contributed by atoms with Crippen molar-refractivity contribution in [3.05, 3.63) is 10.6 Å². The van der Waals surface area contributed by atoms with Crippen molar-refractivity contribution in [2.75, 3.05) is 0 Å². The van der Waals surface area contributed by atoms with Crippen molar-refractivity contribution in [3.63, 3.8) is 0 Å². The minimum Gasteiger partial charge on any atom is -0.294 e. The molecule has 1 aromatic rings. The molecule has 1 rings (SSSR count). The fourth-order valence-corrected chi connectivity index (χ4v) is 2.08. The molecular weight excluding hydrogens is 180 g/mol. The summed E-state index contributed by atoms with van der Waals surface area (Å²) in [5.41, 5.74) is 0.774. The maximum atomic E-state index is 10.9. The Morgan fingerprint density at radius 1 is 1.73 bits per heavy atom. The smallest absolute Gasteiger partial charge is 0.171 e. The maximum Gasteiger partial charge on any atom is 0.171 e. The van der Waals surface area contributed by atoms with Crippen LogP contribution in [0.1, 0.15) is 22.3 Å². The van der Waals surface area contributed by atoms with Crippen molar-refractivity contribution in [2.24, 2.45) is 5.14 Å². The third kappa shape index (κ3) is 1.79. The number of hydrogen-bond donors (Lipinski definition) is 1. The molecule has 0 unspecified atom stereocenters. The number of carbonyl (C=O) groups excluding carboxylic acids is 1. The molecule has 0 spiro atoms. The summed E-state index contributed by atoms with van der Waals surface area (Å²) in [6, 6.07) is 0. The van der Waals surface area contributed by atoms with Gasteiger partial charge < -0.3 is 0 Å². The Labute approximate surface area is 73.1 Å². The zero-order valence-electron chi connectivity index (χ0n) is 6.25. The van der Waals surface area contributed by atoms with Crippen LogP contribution in [0, 0.1) is 6.92 Å². The molecule has 0 aromatic carbocycles. The van der Waals surface area contributed by atoms with Gasteiger partial charge in [-0.05, 0) is 18.9 Å². The van der Waals surface area contributed by atoms with Gasteiger partial charge in [-0.3, -0.25) is 9.93 Å². The molecule has 0 atom stereocenters. The van der Waals surface area contributed by atoms with Crippen LogP contribution in [-0.4, -0.2) is 10.8 Å². The zero-order chi connectivity index (χ0) is 8.43. The molecule has 1 heterocycles. The van der Waals surface area contributed by atoms with Crippen LogP contribution in [0.2, 0.25) is 0 Å².